The minimum atomic E-state index is -3.48. The molecule has 0 aliphatic heterocycles. The number of hydrogen-bond donors (Lipinski definition) is 2. The summed E-state index contributed by atoms with van der Waals surface area (Å²) in [6.07, 6.45) is -0.235. The molecule has 0 aromatic heterocycles. The summed E-state index contributed by atoms with van der Waals surface area (Å²) in [5, 5.41) is 0. The first-order chi connectivity index (χ1) is 11.3. The van der Waals surface area contributed by atoms with Gasteiger partial charge in [0.1, 0.15) is 0 Å². The average molecular weight is 348 g/mol. The Morgan fingerprint density at radius 1 is 1.08 bits per heavy atom. The number of sulfonamides is 1. The van der Waals surface area contributed by atoms with Crippen molar-refractivity contribution in [3.63, 3.8) is 0 Å². The van der Waals surface area contributed by atoms with E-state index < -0.39 is 28.0 Å². The summed E-state index contributed by atoms with van der Waals surface area (Å²) in [6.45, 7) is 0. The highest BCUT2D eigenvalue weighted by molar-refractivity contribution is 7.92. The fraction of sp³-hybridized carbons (Fsp3) is 0.125. The Morgan fingerprint density at radius 3 is 2.33 bits per heavy atom. The third kappa shape index (κ3) is 4.82. The van der Waals surface area contributed by atoms with Crippen molar-refractivity contribution in [2.45, 2.75) is 6.10 Å². The molecule has 1 unspecified atom stereocenters. The van der Waals surface area contributed by atoms with E-state index in [-0.39, 0.29) is 11.3 Å². The molecular formula is C16H16N2O5S. The van der Waals surface area contributed by atoms with E-state index in [4.69, 9.17) is 10.5 Å². The van der Waals surface area contributed by atoms with Crippen molar-refractivity contribution < 1.29 is 22.7 Å². The molecule has 0 saturated carbocycles. The quantitative estimate of drug-likeness (QED) is 0.766. The zero-order valence-electron chi connectivity index (χ0n) is 12.8. The van der Waals surface area contributed by atoms with Crippen molar-refractivity contribution in [2.24, 2.45) is 5.73 Å². The van der Waals surface area contributed by atoms with E-state index in [0.29, 0.717) is 5.56 Å². The molecule has 0 fully saturated rings. The maximum atomic E-state index is 12.2. The largest absolute Gasteiger partial charge is 0.444 e. The lowest BCUT2D eigenvalue weighted by atomic mass is 10.1. The molecule has 8 heteroatoms. The minimum Gasteiger partial charge on any atom is -0.444 e. The Kier molecular flexibility index (Phi) is 5.20. The lowest BCUT2D eigenvalue weighted by Gasteiger charge is -2.15. The molecule has 0 aliphatic rings. The monoisotopic (exact) mass is 348 g/mol. The van der Waals surface area contributed by atoms with Gasteiger partial charge in [-0.05, 0) is 18.2 Å². The number of esters is 1. The summed E-state index contributed by atoms with van der Waals surface area (Å²) in [7, 11) is -3.48. The average Bonchev–Trinajstić information content (AvgIpc) is 2.51. The topological polar surface area (TPSA) is 116 Å². The van der Waals surface area contributed by atoms with Gasteiger partial charge in [0.15, 0.2) is 0 Å². The first-order valence-corrected chi connectivity index (χ1v) is 8.78. The Morgan fingerprint density at radius 2 is 1.75 bits per heavy atom. The summed E-state index contributed by atoms with van der Waals surface area (Å²) in [4.78, 5) is 23.8. The third-order valence-corrected chi connectivity index (χ3v) is 3.59. The molecule has 2 rings (SSSR count). The number of primary amides is 1. The van der Waals surface area contributed by atoms with Crippen LogP contribution < -0.4 is 10.5 Å². The summed E-state index contributed by atoms with van der Waals surface area (Å²) in [5.74, 6) is -1.60. The maximum absolute atomic E-state index is 12.2. The van der Waals surface area contributed by atoms with Gasteiger partial charge in [0.05, 0.1) is 11.8 Å². The lowest BCUT2D eigenvalue weighted by molar-refractivity contribution is -0.127. The van der Waals surface area contributed by atoms with Crippen LogP contribution in [0.15, 0.2) is 54.6 Å². The van der Waals surface area contributed by atoms with Crippen LogP contribution in [-0.2, 0) is 19.6 Å². The first kappa shape index (κ1) is 17.5. The zero-order valence-corrected chi connectivity index (χ0v) is 13.6. The summed E-state index contributed by atoms with van der Waals surface area (Å²) < 4.78 is 29.9. The van der Waals surface area contributed by atoms with Gasteiger partial charge in [-0.25, -0.2) is 13.2 Å². The number of hydrogen-bond acceptors (Lipinski definition) is 5. The van der Waals surface area contributed by atoms with Crippen LogP contribution in [0.1, 0.15) is 22.0 Å². The molecule has 0 heterocycles. The van der Waals surface area contributed by atoms with Gasteiger partial charge in [-0.15, -0.1) is 0 Å². The number of amides is 1. The minimum absolute atomic E-state index is 0.0887. The second kappa shape index (κ2) is 7.14. The van der Waals surface area contributed by atoms with Gasteiger partial charge in [-0.3, -0.25) is 9.52 Å². The zero-order chi connectivity index (χ0) is 17.7. The van der Waals surface area contributed by atoms with Crippen molar-refractivity contribution >= 4 is 27.6 Å². The number of ether oxygens (including phenoxy) is 1. The van der Waals surface area contributed by atoms with Crippen LogP contribution in [0.4, 0.5) is 5.69 Å². The molecule has 0 radical (unpaired) electrons. The standard InChI is InChI=1S/C16H16N2O5S/c1-24(21,22)18-13-9-5-8-12(10-13)16(20)23-14(15(17)19)11-6-3-2-4-7-11/h2-10,14,18H,1H3,(H2,17,19). The van der Waals surface area contributed by atoms with E-state index in [9.17, 15) is 18.0 Å². The van der Waals surface area contributed by atoms with Crippen LogP contribution in [0.25, 0.3) is 0 Å². The van der Waals surface area contributed by atoms with Gasteiger partial charge in [-0.1, -0.05) is 36.4 Å². The van der Waals surface area contributed by atoms with Gasteiger partial charge in [0.2, 0.25) is 16.1 Å². The van der Waals surface area contributed by atoms with Gasteiger partial charge in [-0.2, -0.15) is 0 Å². The molecule has 2 aromatic carbocycles. The van der Waals surface area contributed by atoms with Crippen molar-refractivity contribution in [3.8, 4) is 0 Å². The number of nitrogens with two attached hydrogens (primary N) is 1. The molecule has 7 nitrogen and oxygen atoms in total. The fourth-order valence-corrected chi connectivity index (χ4v) is 2.57. The number of nitrogens with one attached hydrogen (secondary N) is 1. The highest BCUT2D eigenvalue weighted by Crippen LogP contribution is 2.20. The highest BCUT2D eigenvalue weighted by atomic mass is 32.2. The lowest BCUT2D eigenvalue weighted by Crippen LogP contribution is -2.26. The Hall–Kier alpha value is -2.87. The highest BCUT2D eigenvalue weighted by Gasteiger charge is 2.23. The second-order valence-corrected chi connectivity index (χ2v) is 6.80. The van der Waals surface area contributed by atoms with Gasteiger partial charge < -0.3 is 10.5 Å². The Labute approximate surface area is 139 Å². The molecule has 1 amide bonds. The van der Waals surface area contributed by atoms with Crippen LogP contribution in [0.2, 0.25) is 0 Å². The van der Waals surface area contributed by atoms with E-state index in [2.05, 4.69) is 4.72 Å². The third-order valence-electron chi connectivity index (χ3n) is 2.99. The normalized spacial score (nSPS) is 12.2. The Bertz CT molecular complexity index is 850. The van der Waals surface area contributed by atoms with Crippen LogP contribution in [-0.4, -0.2) is 26.6 Å². The number of anilines is 1. The van der Waals surface area contributed by atoms with Crippen LogP contribution in [0.5, 0.6) is 0 Å². The van der Waals surface area contributed by atoms with Crippen LogP contribution in [0, 0.1) is 0 Å². The van der Waals surface area contributed by atoms with Gasteiger partial charge in [0, 0.05) is 11.3 Å². The Balaban J connectivity index is 2.22. The fourth-order valence-electron chi connectivity index (χ4n) is 2.02. The number of carbonyl (C=O) groups is 2. The van der Waals surface area contributed by atoms with Crippen LogP contribution >= 0.6 is 0 Å². The molecular weight excluding hydrogens is 332 g/mol. The number of carbonyl (C=O) groups excluding carboxylic acids is 2. The van der Waals surface area contributed by atoms with E-state index in [0.717, 1.165) is 6.26 Å². The van der Waals surface area contributed by atoms with E-state index in [1.165, 1.54) is 24.3 Å². The van der Waals surface area contributed by atoms with Crippen LogP contribution in [0.3, 0.4) is 0 Å². The van der Waals surface area contributed by atoms with Crippen molar-refractivity contribution in [3.05, 3.63) is 65.7 Å². The van der Waals surface area contributed by atoms with Crippen molar-refractivity contribution in [1.82, 2.24) is 0 Å². The van der Waals surface area contributed by atoms with Crippen molar-refractivity contribution in [1.29, 1.82) is 0 Å². The molecule has 0 bridgehead atoms. The molecule has 126 valence electrons. The number of rotatable bonds is 6. The molecule has 0 aliphatic carbocycles. The van der Waals surface area contributed by atoms with Gasteiger partial charge in [0.25, 0.3) is 5.91 Å². The summed E-state index contributed by atoms with van der Waals surface area (Å²) in [5.41, 5.74) is 6.05. The molecule has 1 atom stereocenters. The molecule has 3 N–H and O–H groups in total. The van der Waals surface area contributed by atoms with Crippen molar-refractivity contribution in [2.75, 3.05) is 11.0 Å². The predicted octanol–water partition coefficient (Wildman–Crippen LogP) is 1.44. The van der Waals surface area contributed by atoms with Gasteiger partial charge >= 0.3 is 5.97 Å². The smallest absolute Gasteiger partial charge is 0.339 e. The summed E-state index contributed by atoms with van der Waals surface area (Å²) >= 11 is 0. The number of benzene rings is 2. The predicted molar refractivity (Wildman–Crippen MR) is 88.7 cm³/mol. The molecule has 0 saturated heterocycles. The second-order valence-electron chi connectivity index (χ2n) is 5.05. The van der Waals surface area contributed by atoms with E-state index >= 15 is 0 Å². The van der Waals surface area contributed by atoms with E-state index in [1.807, 2.05) is 0 Å². The molecule has 24 heavy (non-hydrogen) atoms. The molecule has 2 aromatic rings. The SMILES string of the molecule is CS(=O)(=O)Nc1cccc(C(=O)OC(C(N)=O)c2ccccc2)c1. The maximum Gasteiger partial charge on any atom is 0.339 e. The first-order valence-electron chi connectivity index (χ1n) is 6.89. The molecule has 0 spiro atoms. The van der Waals surface area contributed by atoms with E-state index in [1.54, 1.807) is 30.3 Å². The summed E-state index contributed by atoms with van der Waals surface area (Å²) in [6, 6.07) is 14.1.